The van der Waals surface area contributed by atoms with Crippen LogP contribution >= 0.6 is 11.3 Å². The molecule has 2 fully saturated rings. The lowest BCUT2D eigenvalue weighted by Gasteiger charge is -2.35. The molecule has 1 saturated heterocycles. The van der Waals surface area contributed by atoms with Crippen LogP contribution in [0.25, 0.3) is 11.3 Å². The monoisotopic (exact) mass is 356 g/mol. The van der Waals surface area contributed by atoms with Crippen molar-refractivity contribution in [1.82, 2.24) is 4.98 Å². The average molecular weight is 356 g/mol. The fourth-order valence-electron chi connectivity index (χ4n) is 4.02. The van der Waals surface area contributed by atoms with Crippen molar-refractivity contribution < 1.29 is 14.3 Å². The molecule has 1 aliphatic carbocycles. The highest BCUT2D eigenvalue weighted by Crippen LogP contribution is 2.65. The molecule has 1 amide bonds. The number of esters is 1. The Kier molecular flexibility index (Phi) is 3.35. The van der Waals surface area contributed by atoms with Crippen LogP contribution in [0, 0.1) is 10.8 Å². The van der Waals surface area contributed by atoms with Crippen molar-refractivity contribution in [3.8, 4) is 11.3 Å². The standard InChI is InChI=1S/C19H20N2O3S/c1-17(2)18(3)9-10-19(17,24-15(18)23)14(22)21-16-20-13(11-25-16)12-7-5-4-6-8-12/h4-8,11H,9-10H2,1-3H3,(H,20,21,22)/t18-,19+/m0/s1. The van der Waals surface area contributed by atoms with Crippen LogP contribution in [0.5, 0.6) is 0 Å². The predicted octanol–water partition coefficient (Wildman–Crippen LogP) is 3.87. The van der Waals surface area contributed by atoms with Gasteiger partial charge in [0.2, 0.25) is 0 Å². The van der Waals surface area contributed by atoms with Gasteiger partial charge in [0, 0.05) is 16.4 Å². The Balaban J connectivity index is 1.60. The first-order valence-electron chi connectivity index (χ1n) is 8.36. The first kappa shape index (κ1) is 16.3. The van der Waals surface area contributed by atoms with E-state index in [1.165, 1.54) is 11.3 Å². The summed E-state index contributed by atoms with van der Waals surface area (Å²) in [7, 11) is 0. The summed E-state index contributed by atoms with van der Waals surface area (Å²) in [6.07, 6.45) is 1.21. The first-order chi connectivity index (χ1) is 11.8. The molecule has 5 nitrogen and oxygen atoms in total. The van der Waals surface area contributed by atoms with E-state index in [1.807, 2.05) is 56.5 Å². The van der Waals surface area contributed by atoms with Gasteiger partial charge in [-0.05, 0) is 19.8 Å². The van der Waals surface area contributed by atoms with E-state index in [9.17, 15) is 9.59 Å². The number of hydrogen-bond acceptors (Lipinski definition) is 5. The summed E-state index contributed by atoms with van der Waals surface area (Å²) in [6, 6.07) is 9.80. The average Bonchev–Trinajstić information content (AvgIpc) is 3.17. The number of benzene rings is 1. The quantitative estimate of drug-likeness (QED) is 0.848. The maximum atomic E-state index is 13.0. The molecule has 1 saturated carbocycles. The lowest BCUT2D eigenvalue weighted by atomic mass is 9.66. The second-order valence-corrected chi connectivity index (χ2v) is 8.39. The molecule has 2 aliphatic rings. The molecule has 1 N–H and O–H groups in total. The number of thiazole rings is 1. The van der Waals surface area contributed by atoms with Crippen molar-refractivity contribution in [3.63, 3.8) is 0 Å². The molecule has 1 aromatic heterocycles. The molecule has 130 valence electrons. The number of nitrogens with one attached hydrogen (secondary N) is 1. The van der Waals surface area contributed by atoms with Gasteiger partial charge in [-0.2, -0.15) is 0 Å². The molecule has 2 bridgehead atoms. The lowest BCUT2D eigenvalue weighted by Crippen LogP contribution is -2.50. The molecular weight excluding hydrogens is 336 g/mol. The molecule has 2 atom stereocenters. The molecule has 4 rings (SSSR count). The van der Waals surface area contributed by atoms with Crippen molar-refractivity contribution in [2.24, 2.45) is 10.8 Å². The van der Waals surface area contributed by atoms with Crippen LogP contribution in [-0.2, 0) is 14.3 Å². The van der Waals surface area contributed by atoms with E-state index >= 15 is 0 Å². The zero-order valence-electron chi connectivity index (χ0n) is 14.5. The van der Waals surface area contributed by atoms with Gasteiger partial charge < -0.3 is 4.74 Å². The van der Waals surface area contributed by atoms with E-state index in [2.05, 4.69) is 10.3 Å². The number of rotatable bonds is 3. The van der Waals surface area contributed by atoms with Gasteiger partial charge in [-0.15, -0.1) is 11.3 Å². The van der Waals surface area contributed by atoms with Crippen LogP contribution in [0.15, 0.2) is 35.7 Å². The van der Waals surface area contributed by atoms with Crippen LogP contribution in [0.4, 0.5) is 5.13 Å². The van der Waals surface area contributed by atoms with E-state index in [1.54, 1.807) is 0 Å². The van der Waals surface area contributed by atoms with Gasteiger partial charge in [0.15, 0.2) is 10.7 Å². The highest BCUT2D eigenvalue weighted by atomic mass is 32.1. The number of carbonyl (C=O) groups excluding carboxylic acids is 2. The minimum Gasteiger partial charge on any atom is -0.448 e. The van der Waals surface area contributed by atoms with Crippen LogP contribution < -0.4 is 5.32 Å². The summed E-state index contributed by atoms with van der Waals surface area (Å²) in [5.41, 5.74) is -0.462. The molecule has 2 aromatic rings. The summed E-state index contributed by atoms with van der Waals surface area (Å²) in [5, 5.41) is 5.31. The van der Waals surface area contributed by atoms with Crippen LogP contribution in [0.2, 0.25) is 0 Å². The Morgan fingerprint density at radius 2 is 1.92 bits per heavy atom. The second kappa shape index (κ2) is 5.14. The normalized spacial score (nSPS) is 29.5. The van der Waals surface area contributed by atoms with Gasteiger partial charge >= 0.3 is 5.97 Å². The fraction of sp³-hybridized carbons (Fsp3) is 0.421. The van der Waals surface area contributed by atoms with Gasteiger partial charge in [-0.1, -0.05) is 44.2 Å². The summed E-state index contributed by atoms with van der Waals surface area (Å²) in [5.74, 6) is -0.552. The third-order valence-corrected chi connectivity index (χ3v) is 7.00. The summed E-state index contributed by atoms with van der Waals surface area (Å²) >= 11 is 1.37. The maximum Gasteiger partial charge on any atom is 0.313 e. The molecule has 6 heteroatoms. The van der Waals surface area contributed by atoms with E-state index in [-0.39, 0.29) is 11.9 Å². The smallest absolute Gasteiger partial charge is 0.313 e. The molecule has 1 aromatic carbocycles. The molecule has 0 radical (unpaired) electrons. The number of aromatic nitrogens is 1. The van der Waals surface area contributed by atoms with Crippen molar-refractivity contribution in [3.05, 3.63) is 35.7 Å². The van der Waals surface area contributed by atoms with E-state index in [4.69, 9.17) is 4.74 Å². The SMILES string of the molecule is CC1(C)[C@@]2(C)CC[C@]1(C(=O)Nc1nc(-c3ccccc3)cs1)OC2=O. The number of anilines is 1. The van der Waals surface area contributed by atoms with E-state index in [0.29, 0.717) is 18.0 Å². The Morgan fingerprint density at radius 3 is 2.52 bits per heavy atom. The second-order valence-electron chi connectivity index (χ2n) is 7.53. The highest BCUT2D eigenvalue weighted by molar-refractivity contribution is 7.14. The Bertz CT molecular complexity index is 861. The summed E-state index contributed by atoms with van der Waals surface area (Å²) in [6.45, 7) is 5.79. The van der Waals surface area contributed by atoms with Crippen LogP contribution in [0.3, 0.4) is 0 Å². The number of hydrogen-bond donors (Lipinski definition) is 1. The number of amides is 1. The number of nitrogens with zero attached hydrogens (tertiary/aromatic N) is 1. The molecular formula is C19H20N2O3S. The highest BCUT2D eigenvalue weighted by Gasteiger charge is 2.75. The van der Waals surface area contributed by atoms with Crippen LogP contribution in [-0.4, -0.2) is 22.5 Å². The number of carbonyl (C=O) groups is 2. The number of ether oxygens (including phenoxy) is 1. The molecule has 0 unspecified atom stereocenters. The number of fused-ring (bicyclic) bond motifs is 2. The Hall–Kier alpha value is -2.21. The van der Waals surface area contributed by atoms with Crippen molar-refractivity contribution >= 4 is 28.3 Å². The van der Waals surface area contributed by atoms with Crippen molar-refractivity contribution in [1.29, 1.82) is 0 Å². The minimum absolute atomic E-state index is 0.275. The largest absolute Gasteiger partial charge is 0.448 e. The van der Waals surface area contributed by atoms with Gasteiger partial charge in [0.25, 0.3) is 5.91 Å². The molecule has 0 spiro atoms. The van der Waals surface area contributed by atoms with Crippen molar-refractivity contribution in [2.45, 2.75) is 39.2 Å². The summed E-state index contributed by atoms with van der Waals surface area (Å²) in [4.78, 5) is 29.8. The maximum absolute atomic E-state index is 13.0. The van der Waals surface area contributed by atoms with Gasteiger partial charge in [0.05, 0.1) is 11.1 Å². The van der Waals surface area contributed by atoms with Crippen molar-refractivity contribution in [2.75, 3.05) is 5.32 Å². The molecule has 2 heterocycles. The van der Waals surface area contributed by atoms with E-state index in [0.717, 1.165) is 11.3 Å². The Morgan fingerprint density at radius 1 is 1.20 bits per heavy atom. The van der Waals surface area contributed by atoms with Gasteiger partial charge in [-0.25, -0.2) is 4.98 Å². The topological polar surface area (TPSA) is 68.3 Å². The van der Waals surface area contributed by atoms with Gasteiger partial charge in [0.1, 0.15) is 0 Å². The Labute approximate surface area is 150 Å². The van der Waals surface area contributed by atoms with Crippen LogP contribution in [0.1, 0.15) is 33.6 Å². The lowest BCUT2D eigenvalue weighted by molar-refractivity contribution is -0.165. The van der Waals surface area contributed by atoms with Gasteiger partial charge in [-0.3, -0.25) is 14.9 Å². The zero-order valence-corrected chi connectivity index (χ0v) is 15.3. The van der Waals surface area contributed by atoms with E-state index < -0.39 is 16.4 Å². The predicted molar refractivity (Wildman–Crippen MR) is 96.1 cm³/mol. The first-order valence-corrected chi connectivity index (χ1v) is 9.24. The third kappa shape index (κ3) is 2.03. The zero-order chi connectivity index (χ0) is 17.9. The molecule has 1 aliphatic heterocycles. The summed E-state index contributed by atoms with van der Waals surface area (Å²) < 4.78 is 5.62. The third-order valence-electron chi connectivity index (χ3n) is 6.24. The molecule has 25 heavy (non-hydrogen) atoms. The minimum atomic E-state index is -1.11. The fourth-order valence-corrected chi connectivity index (χ4v) is 4.73.